The van der Waals surface area contributed by atoms with Crippen LogP contribution in [0.2, 0.25) is 18.1 Å². The number of allylic oxidation sites excluding steroid dienone is 4. The molecule has 16 heavy (non-hydrogen) atoms. The molecule has 3 heteroatoms. The summed E-state index contributed by atoms with van der Waals surface area (Å²) in [5.74, 6) is 2.37. The number of rotatable bonds is 1. The summed E-state index contributed by atoms with van der Waals surface area (Å²) in [5, 5.41) is 0.399. The molecule has 0 aromatic heterocycles. The maximum absolute atomic E-state index is 2.64. The van der Waals surface area contributed by atoms with Crippen LogP contribution in [0.1, 0.15) is 27.2 Å². The van der Waals surface area contributed by atoms with Gasteiger partial charge in [-0.15, -0.1) is 0 Å². The van der Waals surface area contributed by atoms with Crippen molar-refractivity contribution in [2.75, 3.05) is 0 Å². The molecule has 0 N–H and O–H groups in total. The van der Waals surface area contributed by atoms with Crippen molar-refractivity contribution in [2.24, 2.45) is 0 Å². The second-order valence-corrected chi connectivity index (χ2v) is 11.5. The first-order valence-corrected chi connectivity index (χ1v) is 9.11. The topological polar surface area (TPSA) is 3.24 Å². The van der Waals surface area contributed by atoms with Crippen LogP contribution in [0.3, 0.4) is 0 Å². The monoisotopic (exact) mass is 231 g/mol. The molecule has 2 heterocycles. The third-order valence-electron chi connectivity index (χ3n) is 4.39. The molecular weight excluding hydrogens is 209 g/mol. The standard InChI is InChI=1S/C13H22BNSi/c1-13(2,3)16(4,5)15-11-7-9-12-8-6-10-14(12)15/h6-7,9-11H,8H2,1-5H3. The van der Waals surface area contributed by atoms with E-state index in [1.165, 1.54) is 0 Å². The Bertz CT molecular complexity index is 374. The Labute approximate surface area is 101 Å². The first-order valence-electron chi connectivity index (χ1n) is 6.16. The van der Waals surface area contributed by atoms with Crippen LogP contribution in [0, 0.1) is 0 Å². The lowest BCUT2D eigenvalue weighted by Gasteiger charge is -2.49. The summed E-state index contributed by atoms with van der Waals surface area (Å²) in [4.78, 5) is 0. The second-order valence-electron chi connectivity index (χ2n) is 6.38. The fourth-order valence-corrected chi connectivity index (χ4v) is 4.47. The molecule has 0 unspecified atom stereocenters. The first-order chi connectivity index (χ1) is 7.34. The van der Waals surface area contributed by atoms with Gasteiger partial charge in [-0.2, -0.15) is 0 Å². The number of nitrogens with zero attached hydrogens (tertiary/aromatic N) is 1. The van der Waals surface area contributed by atoms with Crippen LogP contribution in [-0.4, -0.2) is 19.6 Å². The summed E-state index contributed by atoms with van der Waals surface area (Å²) in [6, 6.07) is 0. The molecule has 0 spiro atoms. The molecule has 2 aliphatic heterocycles. The molecule has 0 saturated carbocycles. The fourth-order valence-electron chi connectivity index (χ4n) is 2.29. The highest BCUT2D eigenvalue weighted by Gasteiger charge is 2.44. The second kappa shape index (κ2) is 3.66. The minimum absolute atomic E-state index is 0.399. The zero-order chi connectivity index (χ0) is 12.0. The van der Waals surface area contributed by atoms with E-state index in [-0.39, 0.29) is 0 Å². The lowest BCUT2D eigenvalue weighted by atomic mass is 9.57. The Balaban J connectivity index is 2.32. The van der Waals surface area contributed by atoms with Gasteiger partial charge in [0.25, 0.3) is 0 Å². The molecule has 0 bridgehead atoms. The number of hydrogen-bond acceptors (Lipinski definition) is 1. The Morgan fingerprint density at radius 1 is 1.31 bits per heavy atom. The molecular formula is C13H22BNSi. The van der Waals surface area contributed by atoms with Crippen LogP contribution in [-0.2, 0) is 0 Å². The molecule has 0 aromatic carbocycles. The average molecular weight is 231 g/mol. The Hall–Kier alpha value is -0.698. The maximum atomic E-state index is 2.64. The van der Waals surface area contributed by atoms with Crippen molar-refractivity contribution in [1.29, 1.82) is 0 Å². The summed E-state index contributed by atoms with van der Waals surface area (Å²) < 4.78 is 2.64. The Kier molecular flexibility index (Phi) is 2.69. The Morgan fingerprint density at radius 3 is 2.62 bits per heavy atom. The van der Waals surface area contributed by atoms with Gasteiger partial charge in [0.05, 0.1) is 0 Å². The molecule has 2 rings (SSSR count). The fraction of sp³-hybridized carbons (Fsp3) is 0.538. The van der Waals surface area contributed by atoms with Gasteiger partial charge in [0.15, 0.2) is 0 Å². The zero-order valence-corrected chi connectivity index (χ0v) is 12.1. The molecule has 0 amide bonds. The van der Waals surface area contributed by atoms with Crippen LogP contribution in [0.25, 0.3) is 0 Å². The third kappa shape index (κ3) is 1.71. The van der Waals surface area contributed by atoms with E-state index in [0.29, 0.717) is 11.9 Å². The van der Waals surface area contributed by atoms with E-state index in [4.69, 9.17) is 0 Å². The van der Waals surface area contributed by atoms with Crippen molar-refractivity contribution in [3.63, 3.8) is 0 Å². The smallest absolute Gasteiger partial charge is 0.302 e. The molecule has 1 nitrogen and oxygen atoms in total. The van der Waals surface area contributed by atoms with Crippen molar-refractivity contribution in [2.45, 2.75) is 45.3 Å². The highest BCUT2D eigenvalue weighted by atomic mass is 28.3. The predicted octanol–water partition coefficient (Wildman–Crippen LogP) is 3.78. The van der Waals surface area contributed by atoms with E-state index < -0.39 is 8.24 Å². The van der Waals surface area contributed by atoms with E-state index in [1.807, 2.05) is 0 Å². The van der Waals surface area contributed by atoms with Gasteiger partial charge in [-0.1, -0.05) is 57.5 Å². The van der Waals surface area contributed by atoms with Gasteiger partial charge in [0.2, 0.25) is 0 Å². The SMILES string of the molecule is CC(C)(C)[Si](C)(C)N1C=CC=C2CC=CB21. The van der Waals surface area contributed by atoms with Crippen molar-refractivity contribution in [1.82, 2.24) is 4.48 Å². The largest absolute Gasteiger partial charge is 0.441 e. The van der Waals surface area contributed by atoms with Gasteiger partial charge < -0.3 is 4.48 Å². The van der Waals surface area contributed by atoms with Gasteiger partial charge in [-0.05, 0) is 23.7 Å². The highest BCUT2D eigenvalue weighted by Crippen LogP contribution is 2.41. The van der Waals surface area contributed by atoms with Crippen LogP contribution in [0.4, 0.5) is 0 Å². The van der Waals surface area contributed by atoms with Gasteiger partial charge in [-0.25, -0.2) is 0 Å². The summed E-state index contributed by atoms with van der Waals surface area (Å²) in [5.41, 5.74) is 1.56. The van der Waals surface area contributed by atoms with Crippen LogP contribution in [0.15, 0.2) is 35.9 Å². The molecule has 0 radical (unpaired) electrons. The lowest BCUT2D eigenvalue weighted by molar-refractivity contribution is 0.653. The van der Waals surface area contributed by atoms with E-state index in [9.17, 15) is 0 Å². The quantitative estimate of drug-likeness (QED) is 0.621. The van der Waals surface area contributed by atoms with E-state index >= 15 is 0 Å². The molecule has 0 atom stereocenters. The Morgan fingerprint density at radius 2 is 2.00 bits per heavy atom. The van der Waals surface area contributed by atoms with Gasteiger partial charge in [0.1, 0.15) is 8.24 Å². The molecule has 86 valence electrons. The zero-order valence-electron chi connectivity index (χ0n) is 11.1. The minimum Gasteiger partial charge on any atom is -0.441 e. The van der Waals surface area contributed by atoms with E-state index in [2.05, 4.69) is 68.7 Å². The predicted molar refractivity (Wildman–Crippen MR) is 75.8 cm³/mol. The maximum Gasteiger partial charge on any atom is 0.302 e. The van der Waals surface area contributed by atoms with Crippen molar-refractivity contribution < 1.29 is 0 Å². The highest BCUT2D eigenvalue weighted by molar-refractivity contribution is 6.90. The van der Waals surface area contributed by atoms with Crippen molar-refractivity contribution >= 4 is 15.1 Å². The van der Waals surface area contributed by atoms with Gasteiger partial charge >= 0.3 is 6.85 Å². The summed E-state index contributed by atoms with van der Waals surface area (Å²) >= 11 is 0. The average Bonchev–Trinajstić information content (AvgIpc) is 2.62. The van der Waals surface area contributed by atoms with Gasteiger partial charge in [0, 0.05) is 0 Å². The normalized spacial score (nSPS) is 20.2. The minimum atomic E-state index is -1.44. The molecule has 2 aliphatic rings. The van der Waals surface area contributed by atoms with E-state index in [0.717, 1.165) is 6.42 Å². The molecule has 0 aliphatic carbocycles. The van der Waals surface area contributed by atoms with Crippen LogP contribution >= 0.6 is 0 Å². The number of fused-ring (bicyclic) bond motifs is 1. The summed E-state index contributed by atoms with van der Waals surface area (Å²) in [6.07, 6.45) is 10.3. The summed E-state index contributed by atoms with van der Waals surface area (Å²) in [7, 11) is -1.44. The van der Waals surface area contributed by atoms with Crippen LogP contribution < -0.4 is 0 Å². The molecule has 0 aromatic rings. The van der Waals surface area contributed by atoms with Crippen molar-refractivity contribution in [3.8, 4) is 0 Å². The molecule has 0 fully saturated rings. The lowest BCUT2D eigenvalue weighted by Crippen LogP contribution is -2.58. The van der Waals surface area contributed by atoms with E-state index in [1.54, 1.807) is 5.47 Å². The van der Waals surface area contributed by atoms with Gasteiger partial charge in [-0.3, -0.25) is 0 Å². The first kappa shape index (κ1) is 11.8. The third-order valence-corrected chi connectivity index (χ3v) is 9.78. The van der Waals surface area contributed by atoms with Crippen LogP contribution in [0.5, 0.6) is 0 Å². The summed E-state index contributed by atoms with van der Waals surface area (Å²) in [6.45, 7) is 12.6. The molecule has 0 saturated heterocycles. The number of hydrogen-bond donors (Lipinski definition) is 0. The van der Waals surface area contributed by atoms with Crippen molar-refractivity contribution in [3.05, 3.63) is 35.9 Å².